The quantitative estimate of drug-likeness (QED) is 0.765. The average Bonchev–Trinajstić information content (AvgIpc) is 2.46. The Kier molecular flexibility index (Phi) is 3.56. The Morgan fingerprint density at radius 1 is 1.32 bits per heavy atom. The van der Waals surface area contributed by atoms with Crippen molar-refractivity contribution >= 4 is 27.4 Å². The molecule has 1 aliphatic heterocycles. The molecule has 1 aliphatic rings. The van der Waals surface area contributed by atoms with E-state index in [1.54, 1.807) is 0 Å². The molecular formula is C16H17BrN2. The molecule has 0 bridgehead atoms. The zero-order chi connectivity index (χ0) is 13.2. The third kappa shape index (κ3) is 2.39. The number of benzene rings is 1. The molecule has 1 aromatic carbocycles. The van der Waals surface area contributed by atoms with Gasteiger partial charge >= 0.3 is 0 Å². The summed E-state index contributed by atoms with van der Waals surface area (Å²) in [5.41, 5.74) is 5.34. The fourth-order valence-electron chi connectivity index (χ4n) is 2.72. The third-order valence-electron chi connectivity index (χ3n) is 3.62. The van der Waals surface area contributed by atoms with Gasteiger partial charge in [0.25, 0.3) is 0 Å². The van der Waals surface area contributed by atoms with Gasteiger partial charge < -0.3 is 4.90 Å². The molecular weight excluding hydrogens is 300 g/mol. The van der Waals surface area contributed by atoms with E-state index in [9.17, 15) is 0 Å². The number of hydrogen-bond acceptors (Lipinski definition) is 2. The van der Waals surface area contributed by atoms with Crippen molar-refractivity contribution in [3.63, 3.8) is 0 Å². The molecule has 0 fully saturated rings. The van der Waals surface area contributed by atoms with Crippen LogP contribution in [0.3, 0.4) is 0 Å². The fraction of sp³-hybridized carbons (Fsp3) is 0.312. The van der Waals surface area contributed by atoms with Crippen LogP contribution in [0.2, 0.25) is 0 Å². The van der Waals surface area contributed by atoms with Gasteiger partial charge in [0.2, 0.25) is 0 Å². The molecule has 98 valence electrons. The van der Waals surface area contributed by atoms with Crippen LogP contribution in [0.5, 0.6) is 0 Å². The Labute approximate surface area is 122 Å². The van der Waals surface area contributed by atoms with E-state index >= 15 is 0 Å². The molecule has 0 spiro atoms. The topological polar surface area (TPSA) is 16.1 Å². The van der Waals surface area contributed by atoms with E-state index in [0.29, 0.717) is 0 Å². The summed E-state index contributed by atoms with van der Waals surface area (Å²) in [5.74, 6) is 1.09. The van der Waals surface area contributed by atoms with Crippen molar-refractivity contribution in [3.8, 4) is 0 Å². The van der Waals surface area contributed by atoms with Crippen molar-refractivity contribution < 1.29 is 0 Å². The van der Waals surface area contributed by atoms with Gasteiger partial charge in [0, 0.05) is 29.3 Å². The Hall–Kier alpha value is -1.35. The predicted octanol–water partition coefficient (Wildman–Crippen LogP) is 4.37. The van der Waals surface area contributed by atoms with Gasteiger partial charge in [0.05, 0.1) is 0 Å². The number of aryl methyl sites for hydroxylation is 2. The summed E-state index contributed by atoms with van der Waals surface area (Å²) in [5, 5.41) is 0.841. The van der Waals surface area contributed by atoms with Gasteiger partial charge in [0.15, 0.2) is 0 Å². The highest BCUT2D eigenvalue weighted by Crippen LogP contribution is 2.34. The molecule has 0 saturated carbocycles. The van der Waals surface area contributed by atoms with E-state index in [0.717, 1.165) is 17.7 Å². The van der Waals surface area contributed by atoms with Gasteiger partial charge in [-0.15, -0.1) is 0 Å². The molecule has 0 amide bonds. The number of pyridine rings is 1. The van der Waals surface area contributed by atoms with Crippen molar-refractivity contribution in [2.75, 3.05) is 11.4 Å². The van der Waals surface area contributed by atoms with Crippen LogP contribution in [-0.4, -0.2) is 11.5 Å². The largest absolute Gasteiger partial charge is 0.326 e. The first-order chi connectivity index (χ1) is 9.29. The zero-order valence-electron chi connectivity index (χ0n) is 11.1. The molecule has 0 aliphatic carbocycles. The minimum atomic E-state index is 0.841. The van der Waals surface area contributed by atoms with Crippen LogP contribution >= 0.6 is 15.9 Å². The molecule has 2 nitrogen and oxygen atoms in total. The lowest BCUT2D eigenvalue weighted by Crippen LogP contribution is -2.26. The summed E-state index contributed by atoms with van der Waals surface area (Å²) in [7, 11) is 0. The first-order valence-corrected chi connectivity index (χ1v) is 7.78. The second-order valence-electron chi connectivity index (χ2n) is 5.01. The van der Waals surface area contributed by atoms with Crippen molar-refractivity contribution in [2.45, 2.75) is 25.1 Å². The molecule has 1 aromatic heterocycles. The minimum absolute atomic E-state index is 0.841. The van der Waals surface area contributed by atoms with Crippen LogP contribution in [0.4, 0.5) is 11.5 Å². The molecule has 0 atom stereocenters. The van der Waals surface area contributed by atoms with Gasteiger partial charge in [-0.3, -0.25) is 0 Å². The van der Waals surface area contributed by atoms with E-state index in [1.165, 1.54) is 35.2 Å². The van der Waals surface area contributed by atoms with Gasteiger partial charge in [0.1, 0.15) is 5.82 Å². The second-order valence-corrected chi connectivity index (χ2v) is 5.57. The normalized spacial score (nSPS) is 14.3. The summed E-state index contributed by atoms with van der Waals surface area (Å²) in [6.07, 6.45) is 4.24. The lowest BCUT2D eigenvalue weighted by molar-refractivity contribution is 0.757. The summed E-state index contributed by atoms with van der Waals surface area (Å²) in [6, 6.07) is 10.9. The molecule has 19 heavy (non-hydrogen) atoms. The highest BCUT2D eigenvalue weighted by atomic mass is 79.9. The smallest absolute Gasteiger partial charge is 0.137 e. The highest BCUT2D eigenvalue weighted by molar-refractivity contribution is 9.08. The van der Waals surface area contributed by atoms with Crippen LogP contribution in [0.25, 0.3) is 0 Å². The van der Waals surface area contributed by atoms with E-state index in [1.807, 2.05) is 12.3 Å². The third-order valence-corrected chi connectivity index (χ3v) is 4.22. The standard InChI is InChI=1S/C16H17BrN2/c1-12-6-7-15-13(10-12)5-3-9-19(15)16-14(11-17)4-2-8-18-16/h2,4,6-8,10H,3,5,9,11H2,1H3. The maximum atomic E-state index is 4.59. The van der Waals surface area contributed by atoms with Gasteiger partial charge in [-0.05, 0) is 37.5 Å². The predicted molar refractivity (Wildman–Crippen MR) is 83.4 cm³/mol. The molecule has 3 rings (SSSR count). The summed E-state index contributed by atoms with van der Waals surface area (Å²) in [6.45, 7) is 3.21. The fourth-order valence-corrected chi connectivity index (χ4v) is 3.16. The summed E-state index contributed by atoms with van der Waals surface area (Å²) >= 11 is 3.56. The maximum Gasteiger partial charge on any atom is 0.137 e. The number of anilines is 2. The molecule has 0 unspecified atom stereocenters. The molecule has 2 aromatic rings. The zero-order valence-corrected chi connectivity index (χ0v) is 12.7. The van der Waals surface area contributed by atoms with E-state index in [-0.39, 0.29) is 0 Å². The van der Waals surface area contributed by atoms with Crippen molar-refractivity contribution in [1.82, 2.24) is 4.98 Å². The number of rotatable bonds is 2. The Morgan fingerprint density at radius 2 is 2.21 bits per heavy atom. The Bertz CT molecular complexity index is 595. The van der Waals surface area contributed by atoms with Crippen LogP contribution in [0.15, 0.2) is 36.5 Å². The van der Waals surface area contributed by atoms with Gasteiger partial charge in [-0.25, -0.2) is 4.98 Å². The van der Waals surface area contributed by atoms with E-state index in [4.69, 9.17) is 0 Å². The van der Waals surface area contributed by atoms with Crippen LogP contribution in [0, 0.1) is 6.92 Å². The van der Waals surface area contributed by atoms with Crippen LogP contribution in [0.1, 0.15) is 23.1 Å². The van der Waals surface area contributed by atoms with E-state index in [2.05, 4.69) is 57.0 Å². The number of halogens is 1. The highest BCUT2D eigenvalue weighted by Gasteiger charge is 2.20. The van der Waals surface area contributed by atoms with Crippen LogP contribution < -0.4 is 4.90 Å². The lowest BCUT2D eigenvalue weighted by Gasteiger charge is -2.31. The van der Waals surface area contributed by atoms with Crippen molar-refractivity contribution in [1.29, 1.82) is 0 Å². The monoisotopic (exact) mass is 316 g/mol. The number of hydrogen-bond donors (Lipinski definition) is 0. The number of fused-ring (bicyclic) bond motifs is 1. The lowest BCUT2D eigenvalue weighted by atomic mass is 9.99. The molecule has 3 heteroatoms. The average molecular weight is 317 g/mol. The Balaban J connectivity index is 2.08. The molecule has 0 N–H and O–H groups in total. The number of alkyl halides is 1. The SMILES string of the molecule is Cc1ccc2c(c1)CCCN2c1ncccc1CBr. The van der Waals surface area contributed by atoms with Crippen molar-refractivity contribution in [3.05, 3.63) is 53.2 Å². The molecule has 2 heterocycles. The second kappa shape index (κ2) is 5.33. The first-order valence-electron chi connectivity index (χ1n) is 6.66. The molecule has 0 saturated heterocycles. The minimum Gasteiger partial charge on any atom is -0.326 e. The van der Waals surface area contributed by atoms with Gasteiger partial charge in [-0.1, -0.05) is 39.7 Å². The van der Waals surface area contributed by atoms with Gasteiger partial charge in [-0.2, -0.15) is 0 Å². The number of aromatic nitrogens is 1. The number of nitrogens with zero attached hydrogens (tertiary/aromatic N) is 2. The molecule has 0 radical (unpaired) electrons. The Morgan fingerprint density at radius 3 is 3.05 bits per heavy atom. The van der Waals surface area contributed by atoms with Crippen molar-refractivity contribution in [2.24, 2.45) is 0 Å². The maximum absolute atomic E-state index is 4.59. The first kappa shape index (κ1) is 12.7. The van der Waals surface area contributed by atoms with Crippen LogP contribution in [-0.2, 0) is 11.8 Å². The summed E-state index contributed by atoms with van der Waals surface area (Å²) < 4.78 is 0. The van der Waals surface area contributed by atoms with E-state index < -0.39 is 0 Å². The summed E-state index contributed by atoms with van der Waals surface area (Å²) in [4.78, 5) is 6.95.